The SMILES string of the molecule is COCc1ccccc1CNC(C)c1sccc1Br. The third-order valence-corrected chi connectivity index (χ3v) is 5.11. The Hall–Kier alpha value is -0.680. The van der Waals surface area contributed by atoms with Gasteiger partial charge in [-0.25, -0.2) is 0 Å². The van der Waals surface area contributed by atoms with Crippen molar-refractivity contribution >= 4 is 27.3 Å². The van der Waals surface area contributed by atoms with E-state index in [4.69, 9.17) is 4.74 Å². The molecule has 102 valence electrons. The number of nitrogens with one attached hydrogen (secondary N) is 1. The minimum atomic E-state index is 0.338. The van der Waals surface area contributed by atoms with Crippen LogP contribution in [-0.4, -0.2) is 7.11 Å². The van der Waals surface area contributed by atoms with Crippen LogP contribution < -0.4 is 5.32 Å². The first-order valence-electron chi connectivity index (χ1n) is 6.24. The van der Waals surface area contributed by atoms with Gasteiger partial charge in [0.05, 0.1) is 6.61 Å². The molecule has 1 unspecified atom stereocenters. The first-order valence-corrected chi connectivity index (χ1v) is 7.91. The molecule has 0 aliphatic carbocycles. The number of halogens is 1. The number of hydrogen-bond donors (Lipinski definition) is 1. The molecular weight excluding hydrogens is 322 g/mol. The van der Waals surface area contributed by atoms with Crippen LogP contribution in [0.1, 0.15) is 29.0 Å². The number of benzene rings is 1. The van der Waals surface area contributed by atoms with Gasteiger partial charge in [0, 0.05) is 29.0 Å². The summed E-state index contributed by atoms with van der Waals surface area (Å²) in [5, 5.41) is 5.67. The summed E-state index contributed by atoms with van der Waals surface area (Å²) in [6.45, 7) is 3.70. The molecule has 0 amide bonds. The Morgan fingerprint density at radius 3 is 2.63 bits per heavy atom. The van der Waals surface area contributed by atoms with Gasteiger partial charge in [-0.1, -0.05) is 24.3 Å². The third kappa shape index (κ3) is 3.89. The predicted octanol–water partition coefficient (Wildman–Crippen LogP) is 4.51. The zero-order valence-electron chi connectivity index (χ0n) is 11.2. The second-order valence-electron chi connectivity index (χ2n) is 4.44. The molecule has 19 heavy (non-hydrogen) atoms. The van der Waals surface area contributed by atoms with Gasteiger partial charge in [-0.05, 0) is 45.4 Å². The Morgan fingerprint density at radius 1 is 1.26 bits per heavy atom. The van der Waals surface area contributed by atoms with Crippen LogP contribution in [0.4, 0.5) is 0 Å². The highest BCUT2D eigenvalue weighted by Crippen LogP contribution is 2.29. The van der Waals surface area contributed by atoms with Crippen molar-refractivity contribution in [2.24, 2.45) is 0 Å². The Labute approximate surface area is 126 Å². The summed E-state index contributed by atoms with van der Waals surface area (Å²) >= 11 is 5.36. The zero-order chi connectivity index (χ0) is 13.7. The summed E-state index contributed by atoms with van der Waals surface area (Å²) in [6, 6.07) is 10.8. The van der Waals surface area contributed by atoms with Crippen molar-refractivity contribution in [1.82, 2.24) is 5.32 Å². The lowest BCUT2D eigenvalue weighted by Gasteiger charge is -2.15. The molecule has 2 rings (SSSR count). The Kier molecular flexibility index (Phi) is 5.58. The molecule has 0 aliphatic heterocycles. The number of methoxy groups -OCH3 is 1. The van der Waals surface area contributed by atoms with Crippen LogP contribution in [0.25, 0.3) is 0 Å². The highest BCUT2D eigenvalue weighted by molar-refractivity contribution is 9.10. The molecule has 1 aromatic carbocycles. The van der Waals surface area contributed by atoms with Gasteiger partial charge in [0.15, 0.2) is 0 Å². The Morgan fingerprint density at radius 2 is 2.00 bits per heavy atom. The maximum Gasteiger partial charge on any atom is 0.0716 e. The van der Waals surface area contributed by atoms with E-state index in [1.807, 2.05) is 0 Å². The predicted molar refractivity (Wildman–Crippen MR) is 84.4 cm³/mol. The number of ether oxygens (including phenoxy) is 1. The Bertz CT molecular complexity index is 526. The molecule has 4 heteroatoms. The quantitative estimate of drug-likeness (QED) is 0.836. The average molecular weight is 340 g/mol. The molecule has 1 aromatic heterocycles. The maximum absolute atomic E-state index is 5.23. The molecule has 0 radical (unpaired) electrons. The summed E-state index contributed by atoms with van der Waals surface area (Å²) in [4.78, 5) is 1.34. The van der Waals surface area contributed by atoms with Crippen LogP contribution in [0.2, 0.25) is 0 Å². The second kappa shape index (κ2) is 7.20. The van der Waals surface area contributed by atoms with Crippen LogP contribution >= 0.6 is 27.3 Å². The van der Waals surface area contributed by atoms with Gasteiger partial charge in [-0.3, -0.25) is 0 Å². The molecule has 1 atom stereocenters. The van der Waals surface area contributed by atoms with Crippen LogP contribution in [-0.2, 0) is 17.9 Å². The van der Waals surface area contributed by atoms with Crippen molar-refractivity contribution in [3.8, 4) is 0 Å². The van der Waals surface area contributed by atoms with Crippen molar-refractivity contribution in [2.45, 2.75) is 26.1 Å². The molecule has 0 aliphatic rings. The highest BCUT2D eigenvalue weighted by Gasteiger charge is 2.11. The fourth-order valence-corrected chi connectivity index (χ4v) is 3.75. The smallest absolute Gasteiger partial charge is 0.0716 e. The van der Waals surface area contributed by atoms with Crippen LogP contribution in [0.15, 0.2) is 40.2 Å². The van der Waals surface area contributed by atoms with Gasteiger partial charge in [0.2, 0.25) is 0 Å². The van der Waals surface area contributed by atoms with Gasteiger partial charge in [-0.15, -0.1) is 11.3 Å². The summed E-state index contributed by atoms with van der Waals surface area (Å²) < 4.78 is 6.42. The molecule has 1 heterocycles. The van der Waals surface area contributed by atoms with E-state index in [1.54, 1.807) is 18.4 Å². The summed E-state index contributed by atoms with van der Waals surface area (Å²) in [5.74, 6) is 0. The van der Waals surface area contributed by atoms with E-state index in [1.165, 1.54) is 20.5 Å². The summed E-state index contributed by atoms with van der Waals surface area (Å²) in [7, 11) is 1.73. The van der Waals surface area contributed by atoms with Crippen LogP contribution in [0.5, 0.6) is 0 Å². The molecule has 2 nitrogen and oxygen atoms in total. The lowest BCUT2D eigenvalue weighted by atomic mass is 10.1. The maximum atomic E-state index is 5.23. The topological polar surface area (TPSA) is 21.3 Å². The molecule has 2 aromatic rings. The number of hydrogen-bond acceptors (Lipinski definition) is 3. The first kappa shape index (κ1) is 14.7. The van der Waals surface area contributed by atoms with Crippen molar-refractivity contribution in [2.75, 3.05) is 7.11 Å². The molecule has 0 saturated heterocycles. The van der Waals surface area contributed by atoms with Gasteiger partial charge in [0.25, 0.3) is 0 Å². The van der Waals surface area contributed by atoms with E-state index >= 15 is 0 Å². The van der Waals surface area contributed by atoms with E-state index in [-0.39, 0.29) is 0 Å². The normalized spacial score (nSPS) is 12.6. The monoisotopic (exact) mass is 339 g/mol. The van der Waals surface area contributed by atoms with Crippen LogP contribution in [0.3, 0.4) is 0 Å². The lowest BCUT2D eigenvalue weighted by molar-refractivity contribution is 0.184. The van der Waals surface area contributed by atoms with E-state index in [9.17, 15) is 0 Å². The summed E-state index contributed by atoms with van der Waals surface area (Å²) in [5.41, 5.74) is 2.54. The van der Waals surface area contributed by atoms with Gasteiger partial charge in [-0.2, -0.15) is 0 Å². The Balaban J connectivity index is 2.01. The molecule has 1 N–H and O–H groups in total. The molecule has 0 spiro atoms. The van der Waals surface area contributed by atoms with Crippen molar-refractivity contribution in [1.29, 1.82) is 0 Å². The minimum absolute atomic E-state index is 0.338. The second-order valence-corrected chi connectivity index (χ2v) is 6.24. The van der Waals surface area contributed by atoms with E-state index < -0.39 is 0 Å². The molecule has 0 saturated carbocycles. The van der Waals surface area contributed by atoms with Gasteiger partial charge >= 0.3 is 0 Å². The van der Waals surface area contributed by atoms with Crippen LogP contribution in [0, 0.1) is 0 Å². The number of rotatable bonds is 6. The average Bonchev–Trinajstić information content (AvgIpc) is 2.84. The van der Waals surface area contributed by atoms with E-state index in [2.05, 4.69) is 63.9 Å². The van der Waals surface area contributed by atoms with Crippen molar-refractivity contribution < 1.29 is 4.74 Å². The fraction of sp³-hybridized carbons (Fsp3) is 0.333. The van der Waals surface area contributed by atoms with E-state index in [0.29, 0.717) is 12.6 Å². The van der Waals surface area contributed by atoms with E-state index in [0.717, 1.165) is 6.54 Å². The zero-order valence-corrected chi connectivity index (χ0v) is 13.6. The fourth-order valence-electron chi connectivity index (χ4n) is 2.00. The molecular formula is C15H18BrNOS. The largest absolute Gasteiger partial charge is 0.380 e. The van der Waals surface area contributed by atoms with Gasteiger partial charge < -0.3 is 10.1 Å². The van der Waals surface area contributed by atoms with Crippen molar-refractivity contribution in [3.05, 3.63) is 56.2 Å². The number of thiophene rings is 1. The third-order valence-electron chi connectivity index (χ3n) is 3.05. The lowest BCUT2D eigenvalue weighted by Crippen LogP contribution is -2.18. The van der Waals surface area contributed by atoms with Gasteiger partial charge in [0.1, 0.15) is 0 Å². The summed E-state index contributed by atoms with van der Waals surface area (Å²) in [6.07, 6.45) is 0. The highest BCUT2D eigenvalue weighted by atomic mass is 79.9. The first-order chi connectivity index (χ1) is 9.22. The minimum Gasteiger partial charge on any atom is -0.380 e. The molecule has 0 fully saturated rings. The molecule has 0 bridgehead atoms. The standard InChI is InChI=1S/C15H18BrNOS/c1-11(15-14(16)7-8-19-15)17-9-12-5-3-4-6-13(12)10-18-2/h3-8,11,17H,9-10H2,1-2H3. The van der Waals surface area contributed by atoms with Crippen molar-refractivity contribution in [3.63, 3.8) is 0 Å².